The van der Waals surface area contributed by atoms with Gasteiger partial charge in [0, 0.05) is 58.4 Å². The third-order valence-corrected chi connectivity index (χ3v) is 13.9. The Labute approximate surface area is 363 Å². The summed E-state index contributed by atoms with van der Waals surface area (Å²) in [7, 11) is 0. The lowest BCUT2D eigenvalue weighted by Crippen LogP contribution is -2.00. The molecule has 0 saturated carbocycles. The van der Waals surface area contributed by atoms with Crippen molar-refractivity contribution in [1.82, 2.24) is 15.0 Å². The molecule has 0 radical (unpaired) electrons. The first-order valence-electron chi connectivity index (χ1n) is 21.1. The molecule has 0 bridgehead atoms. The van der Waals surface area contributed by atoms with Crippen molar-refractivity contribution in [2.24, 2.45) is 0 Å². The first-order valence-corrected chi connectivity index (χ1v) is 21.9. The molecule has 0 aliphatic carbocycles. The summed E-state index contributed by atoms with van der Waals surface area (Å²) in [5.74, 6) is 1.83. The van der Waals surface area contributed by atoms with Gasteiger partial charge >= 0.3 is 0 Å². The fourth-order valence-electron chi connectivity index (χ4n) is 9.74. The second-order valence-electron chi connectivity index (χ2n) is 16.3. The zero-order valence-corrected chi connectivity index (χ0v) is 34.3. The van der Waals surface area contributed by atoms with Crippen LogP contribution < -0.4 is 0 Å². The fraction of sp³-hybridized carbons (Fsp3) is 0. The molecule has 63 heavy (non-hydrogen) atoms. The molecule has 0 aliphatic rings. The topological polar surface area (TPSA) is 65.0 Å². The number of aromatic nitrogens is 3. The molecule has 0 N–H and O–H groups in total. The highest BCUT2D eigenvalue weighted by molar-refractivity contribution is 7.26. The van der Waals surface area contributed by atoms with Crippen molar-refractivity contribution >= 4 is 96.9 Å². The Morgan fingerprint density at radius 2 is 0.873 bits per heavy atom. The van der Waals surface area contributed by atoms with E-state index in [9.17, 15) is 0 Å². The standard InChI is InChI=1S/C57H31N3O2S/c1-2-13-39-38(12-1)43-16-9-20-48-52(43)53-46(39)29-37(31-50(53)62-48)35-11-7-10-34(28-35)32-22-24-33(25-23-32)55-58-56(36-26-27-41-40-14-3-5-19-47(40)61-49(41)30-36)60-57(59-55)45-18-8-17-44-42-15-4-6-21-51(42)63-54(44)45/h1-31H. The summed E-state index contributed by atoms with van der Waals surface area (Å²) in [6.07, 6.45) is 0. The Hall–Kier alpha value is -8.19. The maximum atomic E-state index is 6.54. The highest BCUT2D eigenvalue weighted by Crippen LogP contribution is 2.45. The molecule has 0 atom stereocenters. The second kappa shape index (κ2) is 13.2. The van der Waals surface area contributed by atoms with E-state index in [4.69, 9.17) is 23.8 Å². The van der Waals surface area contributed by atoms with Gasteiger partial charge in [0.25, 0.3) is 0 Å². The number of rotatable bonds is 5. The molecule has 6 heteroatoms. The fourth-order valence-corrected chi connectivity index (χ4v) is 10.9. The molecule has 0 fully saturated rings. The summed E-state index contributed by atoms with van der Waals surface area (Å²) in [6.45, 7) is 0. The molecule has 14 rings (SSSR count). The lowest BCUT2D eigenvalue weighted by Gasteiger charge is -2.11. The summed E-state index contributed by atoms with van der Waals surface area (Å²) >= 11 is 1.77. The highest BCUT2D eigenvalue weighted by Gasteiger charge is 2.20. The molecule has 14 aromatic rings. The van der Waals surface area contributed by atoms with Crippen molar-refractivity contribution in [2.45, 2.75) is 0 Å². The van der Waals surface area contributed by atoms with E-state index in [1.54, 1.807) is 11.3 Å². The van der Waals surface area contributed by atoms with Gasteiger partial charge in [-0.05, 0) is 98.4 Å². The maximum Gasteiger partial charge on any atom is 0.165 e. The maximum absolute atomic E-state index is 6.54. The molecule has 292 valence electrons. The quantitative estimate of drug-likeness (QED) is 0.162. The van der Waals surface area contributed by atoms with Crippen LogP contribution in [0.15, 0.2) is 197 Å². The van der Waals surface area contributed by atoms with Gasteiger partial charge in [0.1, 0.15) is 22.3 Å². The van der Waals surface area contributed by atoms with Gasteiger partial charge in [-0.1, -0.05) is 133 Å². The van der Waals surface area contributed by atoms with E-state index < -0.39 is 0 Å². The number of hydrogen-bond acceptors (Lipinski definition) is 6. The van der Waals surface area contributed by atoms with Gasteiger partial charge in [0.2, 0.25) is 0 Å². The van der Waals surface area contributed by atoms with Crippen LogP contribution in [-0.2, 0) is 0 Å². The van der Waals surface area contributed by atoms with Crippen LogP contribution in [0.5, 0.6) is 0 Å². The van der Waals surface area contributed by atoms with Crippen LogP contribution in [0.2, 0.25) is 0 Å². The molecule has 4 aromatic heterocycles. The SMILES string of the molecule is c1cc(-c2ccc(-c3nc(-c4ccc5c(c4)oc4ccccc45)nc(-c4cccc5c4sc4ccccc45)n3)cc2)cc(-c2cc3oc4cccc5c6ccccc6c(c2)c3c45)c1. The monoisotopic (exact) mass is 821 g/mol. The van der Waals surface area contributed by atoms with Gasteiger partial charge in [-0.3, -0.25) is 0 Å². The molecule has 10 aromatic carbocycles. The van der Waals surface area contributed by atoms with Crippen LogP contribution in [0.3, 0.4) is 0 Å². The second-order valence-corrected chi connectivity index (χ2v) is 17.3. The predicted octanol–water partition coefficient (Wildman–Crippen LogP) is 16.1. The van der Waals surface area contributed by atoms with Crippen molar-refractivity contribution in [1.29, 1.82) is 0 Å². The van der Waals surface area contributed by atoms with Gasteiger partial charge in [-0.2, -0.15) is 0 Å². The van der Waals surface area contributed by atoms with Crippen molar-refractivity contribution in [3.8, 4) is 56.4 Å². The number of benzene rings is 10. The number of para-hydroxylation sites is 1. The van der Waals surface area contributed by atoms with Crippen molar-refractivity contribution in [3.05, 3.63) is 188 Å². The van der Waals surface area contributed by atoms with E-state index in [1.807, 2.05) is 24.3 Å². The zero-order chi connectivity index (χ0) is 41.2. The van der Waals surface area contributed by atoms with Crippen LogP contribution in [0.4, 0.5) is 0 Å². The molecule has 0 spiro atoms. The zero-order valence-electron chi connectivity index (χ0n) is 33.5. The average Bonchev–Trinajstić information content (AvgIpc) is 4.05. The van der Waals surface area contributed by atoms with Gasteiger partial charge in [0.15, 0.2) is 17.5 Å². The van der Waals surface area contributed by atoms with E-state index in [0.29, 0.717) is 17.5 Å². The molecule has 5 nitrogen and oxygen atoms in total. The molecule has 4 heterocycles. The normalized spacial score (nSPS) is 12.1. The van der Waals surface area contributed by atoms with Crippen molar-refractivity contribution < 1.29 is 8.83 Å². The van der Waals surface area contributed by atoms with E-state index in [2.05, 4.69) is 164 Å². The molecule has 0 unspecified atom stereocenters. The smallest absolute Gasteiger partial charge is 0.165 e. The molecule has 0 amide bonds. The van der Waals surface area contributed by atoms with Gasteiger partial charge < -0.3 is 8.83 Å². The summed E-state index contributed by atoms with van der Waals surface area (Å²) in [5.41, 5.74) is 10.7. The Morgan fingerprint density at radius 3 is 1.75 bits per heavy atom. The van der Waals surface area contributed by atoms with Crippen LogP contribution in [0, 0.1) is 0 Å². The van der Waals surface area contributed by atoms with E-state index >= 15 is 0 Å². The van der Waals surface area contributed by atoms with E-state index in [1.165, 1.54) is 47.8 Å². The largest absolute Gasteiger partial charge is 0.456 e. The Kier molecular flexibility index (Phi) is 7.21. The lowest BCUT2D eigenvalue weighted by atomic mass is 9.91. The first kappa shape index (κ1) is 34.5. The molecular formula is C57H31N3O2S. The number of furan rings is 2. The summed E-state index contributed by atoms with van der Waals surface area (Å²) < 4.78 is 15.2. The number of thiophene rings is 1. The van der Waals surface area contributed by atoms with E-state index in [-0.39, 0.29) is 0 Å². The molecule has 0 aliphatic heterocycles. The minimum atomic E-state index is 0.589. The van der Waals surface area contributed by atoms with Gasteiger partial charge in [-0.25, -0.2) is 15.0 Å². The van der Waals surface area contributed by atoms with Crippen LogP contribution in [-0.4, -0.2) is 15.0 Å². The Bertz CT molecular complexity index is 4160. The summed E-state index contributed by atoms with van der Waals surface area (Å²) in [6, 6.07) is 66.2. The average molecular weight is 822 g/mol. The minimum Gasteiger partial charge on any atom is -0.456 e. The highest BCUT2D eigenvalue weighted by atomic mass is 32.1. The number of hydrogen-bond donors (Lipinski definition) is 0. The summed E-state index contributed by atoms with van der Waals surface area (Å²) in [4.78, 5) is 15.5. The Balaban J connectivity index is 0.882. The third-order valence-electron chi connectivity index (χ3n) is 12.7. The number of fused-ring (bicyclic) bond motifs is 9. The van der Waals surface area contributed by atoms with Crippen molar-refractivity contribution in [2.75, 3.05) is 0 Å². The first-order chi connectivity index (χ1) is 31.2. The molecule has 0 saturated heterocycles. The lowest BCUT2D eigenvalue weighted by molar-refractivity contribution is 0.669. The number of nitrogens with zero attached hydrogens (tertiary/aromatic N) is 3. The Morgan fingerprint density at radius 1 is 0.302 bits per heavy atom. The van der Waals surface area contributed by atoms with Crippen LogP contribution >= 0.6 is 11.3 Å². The van der Waals surface area contributed by atoms with E-state index in [0.717, 1.165) is 76.7 Å². The summed E-state index contributed by atoms with van der Waals surface area (Å²) in [5, 5.41) is 11.9. The van der Waals surface area contributed by atoms with Gasteiger partial charge in [-0.15, -0.1) is 11.3 Å². The molecular weight excluding hydrogens is 791 g/mol. The van der Waals surface area contributed by atoms with Crippen molar-refractivity contribution in [3.63, 3.8) is 0 Å². The third kappa shape index (κ3) is 5.25. The predicted molar refractivity (Wildman–Crippen MR) is 261 cm³/mol. The van der Waals surface area contributed by atoms with Crippen LogP contribution in [0.25, 0.3) is 142 Å². The van der Waals surface area contributed by atoms with Gasteiger partial charge in [0.05, 0.1) is 0 Å². The van der Waals surface area contributed by atoms with Crippen LogP contribution in [0.1, 0.15) is 0 Å². The minimum absolute atomic E-state index is 0.589.